The molecule has 8 aromatic carbocycles. The molecule has 0 radical (unpaired) electrons. The van der Waals surface area contributed by atoms with Crippen molar-refractivity contribution in [2.75, 3.05) is 0 Å². The summed E-state index contributed by atoms with van der Waals surface area (Å²) >= 11 is 0. The lowest BCUT2D eigenvalue weighted by molar-refractivity contribution is 0.103. The molecule has 2 N–H and O–H groups in total. The van der Waals surface area contributed by atoms with Crippen molar-refractivity contribution in [2.45, 2.75) is 16.7 Å². The van der Waals surface area contributed by atoms with Gasteiger partial charge in [0.1, 0.15) is 27.0 Å². The summed E-state index contributed by atoms with van der Waals surface area (Å²) < 4.78 is 127. The molecule has 366 valence electrons. The number of hydrogen-bond acceptors (Lipinski definition) is 13. The molecule has 12 rings (SSSR count). The summed E-state index contributed by atoms with van der Waals surface area (Å²) in [5.41, 5.74) is 8.65. The zero-order valence-electron chi connectivity index (χ0n) is 37.2. The van der Waals surface area contributed by atoms with Gasteiger partial charge in [0, 0.05) is 16.3 Å². The molecule has 0 amide bonds. The van der Waals surface area contributed by atoms with Gasteiger partial charge in [-0.25, -0.2) is 0 Å². The standard InChI is InChI=1S/C48H32N8O7S2.2O3S/c1-29-25-44(54-53-43-24-17-34-26-37(64(58,59)60)21-22-39(34)47(43)56(53)54)40(48(57)33-8-3-2-4-9-33)28-41(29)50-49-35-18-12-30(13-19-35)11-14-32-15-20-36(27-45(32)65(61,62)63)51-52-42-23-16-31-7-5-6-10-38(31)46(42)55(51)52;2*1-4(2)3/h2-28H,1H3,(H,58,59,60)(H,61,62,63);;. The lowest BCUT2D eigenvalue weighted by atomic mass is 9.99. The Kier molecular flexibility index (Phi) is 11.8. The second kappa shape index (κ2) is 18.1. The number of benzene rings is 8. The topological polar surface area (TPSA) is 280 Å². The Bertz CT molecular complexity index is 4680. The Balaban J connectivity index is 0.000000715. The van der Waals surface area contributed by atoms with Crippen LogP contribution in [0, 0.1) is 6.92 Å². The molecule has 12 aromatic rings. The second-order valence-corrected chi connectivity index (χ2v) is 19.9. The molecule has 0 atom stereocenters. The lowest BCUT2D eigenvalue weighted by Gasteiger charge is -2.09. The Labute approximate surface area is 414 Å². The van der Waals surface area contributed by atoms with Gasteiger partial charge >= 0.3 is 21.2 Å². The molecule has 0 aliphatic carbocycles. The fourth-order valence-corrected chi connectivity index (χ4v) is 9.86. The fraction of sp³-hybridized carbons (Fsp3) is 0.0208. The molecule has 0 fully saturated rings. The molecule has 21 nitrogen and oxygen atoms in total. The number of nitrogens with zero attached hydrogens (tertiary/aromatic N) is 8. The van der Waals surface area contributed by atoms with Crippen LogP contribution in [0.5, 0.6) is 0 Å². The van der Waals surface area contributed by atoms with Crippen LogP contribution in [0.1, 0.15) is 32.6 Å². The molecule has 0 bridgehead atoms. The third-order valence-electron chi connectivity index (χ3n) is 11.9. The van der Waals surface area contributed by atoms with E-state index in [2.05, 4.69) is 10.2 Å². The summed E-state index contributed by atoms with van der Waals surface area (Å²) in [6.07, 6.45) is 3.38. The molecule has 0 aliphatic heterocycles. The van der Waals surface area contributed by atoms with E-state index in [-0.39, 0.29) is 15.6 Å². The van der Waals surface area contributed by atoms with Gasteiger partial charge in [-0.3, -0.25) is 13.9 Å². The number of carbonyl (C=O) groups excluding carboxylic acids is 1. The van der Waals surface area contributed by atoms with Crippen molar-refractivity contribution in [3.8, 4) is 11.4 Å². The number of hydrogen-bond donors (Lipinski definition) is 2. The van der Waals surface area contributed by atoms with E-state index >= 15 is 0 Å². The second-order valence-electron chi connectivity index (χ2n) is 16.3. The smallest absolute Gasteiger partial charge is 0.289 e. The Morgan fingerprint density at radius 2 is 1.16 bits per heavy atom. The van der Waals surface area contributed by atoms with E-state index in [4.69, 9.17) is 25.3 Å². The van der Waals surface area contributed by atoms with Gasteiger partial charge < -0.3 is 0 Å². The van der Waals surface area contributed by atoms with Gasteiger partial charge in [0.15, 0.2) is 5.78 Å². The first-order chi connectivity index (χ1) is 34.8. The first-order valence-electron chi connectivity index (χ1n) is 21.3. The normalized spacial score (nSPS) is 12.3. The molecule has 0 spiro atoms. The molecule has 25 heteroatoms. The SMILES string of the molecule is Cc1cc(-n2n3c4ccc5cc(S(=O)(=O)O)ccc5c4n23)c(C(=O)c2ccccc2)cc1N=Nc1ccc(C=Cc2ccc(-n3n4c5ccc6ccccc6c5n34)cc2S(=O)(=O)O)cc1.O=S(=O)=O.O=S(=O)=O. The maximum Gasteiger partial charge on any atom is 0.425 e. The van der Waals surface area contributed by atoms with E-state index < -0.39 is 41.5 Å². The van der Waals surface area contributed by atoms with Crippen molar-refractivity contribution in [2.24, 2.45) is 10.2 Å². The molecule has 0 saturated carbocycles. The van der Waals surface area contributed by atoms with Crippen LogP contribution in [0.15, 0.2) is 172 Å². The number of carbonyl (C=O) groups is 1. The molecule has 73 heavy (non-hydrogen) atoms. The lowest BCUT2D eigenvalue weighted by Crippen LogP contribution is -2.06. The molecule has 0 saturated heterocycles. The average molecular weight is 1060 g/mol. The highest BCUT2D eigenvalue weighted by Gasteiger charge is 2.31. The number of rotatable bonds is 10. The summed E-state index contributed by atoms with van der Waals surface area (Å²) in [7, 11) is -15.2. The van der Waals surface area contributed by atoms with E-state index in [1.807, 2.05) is 102 Å². The van der Waals surface area contributed by atoms with E-state index in [0.29, 0.717) is 44.8 Å². The number of aromatic nitrogens is 6. The molecule has 0 aliphatic rings. The van der Waals surface area contributed by atoms with Crippen LogP contribution in [0.2, 0.25) is 0 Å². The van der Waals surface area contributed by atoms with Crippen LogP contribution in [0.4, 0.5) is 11.4 Å². The molecular formula is C48H32N8O13S4. The zero-order valence-corrected chi connectivity index (χ0v) is 40.5. The summed E-state index contributed by atoms with van der Waals surface area (Å²) in [5, 5.41) is 12.7. The van der Waals surface area contributed by atoms with E-state index in [1.165, 1.54) is 18.2 Å². The summed E-state index contributed by atoms with van der Waals surface area (Å²) in [6, 6.07) is 44.9. The molecular weight excluding hydrogens is 1020 g/mol. The van der Waals surface area contributed by atoms with Crippen LogP contribution >= 0.6 is 0 Å². The highest BCUT2D eigenvalue weighted by molar-refractivity contribution is 7.86. The largest absolute Gasteiger partial charge is 0.425 e. The Hall–Kier alpha value is -8.85. The van der Waals surface area contributed by atoms with Crippen molar-refractivity contribution >= 4 is 114 Å². The maximum atomic E-state index is 14.1. The van der Waals surface area contributed by atoms with Gasteiger partial charge in [-0.2, -0.15) is 31.9 Å². The fourth-order valence-electron chi connectivity index (χ4n) is 8.64. The van der Waals surface area contributed by atoms with Crippen molar-refractivity contribution in [1.29, 1.82) is 0 Å². The van der Waals surface area contributed by atoms with Gasteiger partial charge in [0.2, 0.25) is 0 Å². The number of aryl methyl sites for hydroxylation is 1. The van der Waals surface area contributed by atoms with Crippen molar-refractivity contribution in [3.05, 3.63) is 179 Å². The van der Waals surface area contributed by atoms with Gasteiger partial charge in [-0.05, 0) is 95.1 Å². The summed E-state index contributed by atoms with van der Waals surface area (Å²) in [4.78, 5) is 17.5. The Morgan fingerprint density at radius 3 is 1.82 bits per heavy atom. The minimum absolute atomic E-state index is 0.196. The van der Waals surface area contributed by atoms with Gasteiger partial charge in [0.05, 0.1) is 33.2 Å². The predicted octanol–water partition coefficient (Wildman–Crippen LogP) is 8.07. The molecule has 0 unspecified atom stereocenters. The van der Waals surface area contributed by atoms with Gasteiger partial charge in [-0.15, -0.1) is 48.6 Å². The van der Waals surface area contributed by atoms with Crippen LogP contribution in [0.25, 0.3) is 67.1 Å². The van der Waals surface area contributed by atoms with E-state index in [1.54, 1.807) is 78.9 Å². The number of fused-ring (bicyclic) bond motifs is 12. The first-order valence-corrected chi connectivity index (χ1v) is 26.1. The predicted molar refractivity (Wildman–Crippen MR) is 266 cm³/mol. The molecule has 4 aromatic heterocycles. The minimum Gasteiger partial charge on any atom is -0.289 e. The number of ketones is 1. The first kappa shape index (κ1) is 47.8. The van der Waals surface area contributed by atoms with Crippen LogP contribution < -0.4 is 0 Å². The summed E-state index contributed by atoms with van der Waals surface area (Å²) in [6.45, 7) is 1.88. The monoisotopic (exact) mass is 1060 g/mol. The van der Waals surface area contributed by atoms with Crippen LogP contribution in [-0.4, -0.2) is 85.1 Å². The summed E-state index contributed by atoms with van der Waals surface area (Å²) in [5.74, 6) is -0.215. The van der Waals surface area contributed by atoms with Crippen LogP contribution in [-0.2, 0) is 41.5 Å². The van der Waals surface area contributed by atoms with E-state index in [9.17, 15) is 30.7 Å². The van der Waals surface area contributed by atoms with Gasteiger partial charge in [-0.1, -0.05) is 103 Å². The number of azo groups is 1. The van der Waals surface area contributed by atoms with Crippen LogP contribution in [0.3, 0.4) is 0 Å². The Morgan fingerprint density at radius 1 is 0.562 bits per heavy atom. The third-order valence-corrected chi connectivity index (χ3v) is 13.7. The third kappa shape index (κ3) is 8.98. The van der Waals surface area contributed by atoms with Crippen molar-refractivity contribution in [1.82, 2.24) is 28.1 Å². The molecule has 4 heterocycles. The minimum atomic E-state index is -4.58. The quantitative estimate of drug-likeness (QED) is 0.0568. The zero-order chi connectivity index (χ0) is 51.7. The average Bonchev–Trinajstić information content (AvgIpc) is 4.21. The van der Waals surface area contributed by atoms with Crippen molar-refractivity contribution < 1.29 is 56.0 Å². The van der Waals surface area contributed by atoms with E-state index in [0.717, 1.165) is 49.4 Å². The highest BCUT2D eigenvalue weighted by atomic mass is 32.2. The highest BCUT2D eigenvalue weighted by Crippen LogP contribution is 2.38. The van der Waals surface area contributed by atoms with Gasteiger partial charge in [0.25, 0.3) is 20.2 Å². The van der Waals surface area contributed by atoms with Crippen molar-refractivity contribution in [3.63, 3.8) is 0 Å². The maximum absolute atomic E-state index is 14.1.